The molecule has 0 aliphatic carbocycles. The number of aromatic nitrogens is 1. The van der Waals surface area contributed by atoms with Gasteiger partial charge in [0.25, 0.3) is 0 Å². The molecular formula is C9H6FIN2. The van der Waals surface area contributed by atoms with Gasteiger partial charge in [0.15, 0.2) is 0 Å². The second kappa shape index (κ2) is 3.10. The molecule has 0 amide bonds. The Morgan fingerprint density at radius 3 is 2.77 bits per heavy atom. The van der Waals surface area contributed by atoms with Crippen molar-refractivity contribution in [1.29, 1.82) is 0 Å². The fourth-order valence-corrected chi connectivity index (χ4v) is 1.68. The van der Waals surface area contributed by atoms with Crippen molar-refractivity contribution in [3.63, 3.8) is 0 Å². The molecule has 0 saturated carbocycles. The molecular weight excluding hydrogens is 282 g/mol. The molecule has 0 aliphatic rings. The first-order valence-corrected chi connectivity index (χ1v) is 4.76. The molecule has 4 heteroatoms. The van der Waals surface area contributed by atoms with E-state index < -0.39 is 0 Å². The largest absolute Gasteiger partial charge is 0.383 e. The van der Waals surface area contributed by atoms with E-state index >= 15 is 0 Å². The maximum atomic E-state index is 13.5. The molecule has 0 unspecified atom stereocenters. The Kier molecular flexibility index (Phi) is 2.07. The van der Waals surface area contributed by atoms with Crippen LogP contribution in [0.15, 0.2) is 24.4 Å². The molecule has 0 bridgehead atoms. The highest BCUT2D eigenvalue weighted by Crippen LogP contribution is 2.24. The number of hydrogen-bond acceptors (Lipinski definition) is 2. The summed E-state index contributed by atoms with van der Waals surface area (Å²) in [5.74, 6) is 0.139. The summed E-state index contributed by atoms with van der Waals surface area (Å²) in [6, 6.07) is 5.10. The zero-order valence-electron chi connectivity index (χ0n) is 6.59. The summed E-state index contributed by atoms with van der Waals surface area (Å²) >= 11 is 1.95. The fourth-order valence-electron chi connectivity index (χ4n) is 1.21. The van der Waals surface area contributed by atoms with Crippen molar-refractivity contribution in [1.82, 2.24) is 4.98 Å². The third-order valence-electron chi connectivity index (χ3n) is 1.86. The molecule has 0 aliphatic heterocycles. The first-order valence-electron chi connectivity index (χ1n) is 3.68. The lowest BCUT2D eigenvalue weighted by Crippen LogP contribution is -1.93. The van der Waals surface area contributed by atoms with Gasteiger partial charge in [-0.1, -0.05) is 0 Å². The molecule has 0 atom stereocenters. The van der Waals surface area contributed by atoms with Gasteiger partial charge in [0.1, 0.15) is 11.6 Å². The zero-order chi connectivity index (χ0) is 9.42. The smallest absolute Gasteiger partial charge is 0.144 e. The quantitative estimate of drug-likeness (QED) is 0.757. The number of rotatable bonds is 0. The Morgan fingerprint density at radius 1 is 1.23 bits per heavy atom. The molecule has 1 aromatic carbocycles. The van der Waals surface area contributed by atoms with Gasteiger partial charge < -0.3 is 5.73 Å². The van der Waals surface area contributed by atoms with E-state index in [1.807, 2.05) is 22.6 Å². The highest BCUT2D eigenvalue weighted by atomic mass is 127. The second-order valence-corrected chi connectivity index (χ2v) is 3.81. The van der Waals surface area contributed by atoms with Gasteiger partial charge in [0.05, 0.1) is 0 Å². The average Bonchev–Trinajstić information content (AvgIpc) is 2.12. The van der Waals surface area contributed by atoms with Gasteiger partial charge in [-0.3, -0.25) is 0 Å². The molecule has 13 heavy (non-hydrogen) atoms. The summed E-state index contributed by atoms with van der Waals surface area (Å²) in [7, 11) is 0. The van der Waals surface area contributed by atoms with E-state index in [1.54, 1.807) is 18.2 Å². The Hall–Kier alpha value is -0.910. The molecule has 2 aromatic rings. The van der Waals surface area contributed by atoms with Crippen LogP contribution >= 0.6 is 22.6 Å². The van der Waals surface area contributed by atoms with E-state index in [4.69, 9.17) is 5.73 Å². The second-order valence-electron chi connectivity index (χ2n) is 2.65. The standard InChI is InChI=1S/C9H6FIN2/c10-8-5-3-4-13-9(12)6(5)1-2-7(8)11/h1-4H,(H2,12,13). The van der Waals surface area contributed by atoms with Crippen molar-refractivity contribution in [2.75, 3.05) is 5.73 Å². The first-order chi connectivity index (χ1) is 6.20. The van der Waals surface area contributed by atoms with Crippen molar-refractivity contribution in [2.24, 2.45) is 0 Å². The van der Waals surface area contributed by atoms with Crippen molar-refractivity contribution in [3.05, 3.63) is 33.8 Å². The first kappa shape index (κ1) is 8.68. The topological polar surface area (TPSA) is 38.9 Å². The monoisotopic (exact) mass is 288 g/mol. The van der Waals surface area contributed by atoms with Gasteiger partial charge in [0.2, 0.25) is 0 Å². The van der Waals surface area contributed by atoms with Crippen molar-refractivity contribution in [2.45, 2.75) is 0 Å². The number of benzene rings is 1. The number of pyridine rings is 1. The number of hydrogen-bond donors (Lipinski definition) is 1. The van der Waals surface area contributed by atoms with E-state index in [9.17, 15) is 4.39 Å². The van der Waals surface area contributed by atoms with Crippen LogP contribution in [0.2, 0.25) is 0 Å². The van der Waals surface area contributed by atoms with Crippen LogP contribution in [0.1, 0.15) is 0 Å². The lowest BCUT2D eigenvalue weighted by atomic mass is 10.1. The minimum Gasteiger partial charge on any atom is -0.383 e. The minimum atomic E-state index is -0.229. The SMILES string of the molecule is Nc1nccc2c(F)c(I)ccc12. The van der Waals surface area contributed by atoms with Crippen LogP contribution in [0, 0.1) is 9.39 Å². The third-order valence-corrected chi connectivity index (χ3v) is 2.70. The number of anilines is 1. The average molecular weight is 288 g/mol. The molecule has 2 N–H and O–H groups in total. The molecule has 66 valence electrons. The highest BCUT2D eigenvalue weighted by molar-refractivity contribution is 14.1. The van der Waals surface area contributed by atoms with Crippen LogP contribution in [0.25, 0.3) is 10.8 Å². The summed E-state index contributed by atoms with van der Waals surface area (Å²) in [4.78, 5) is 3.89. The van der Waals surface area contributed by atoms with Gasteiger partial charge in [-0.05, 0) is 40.8 Å². The van der Waals surface area contributed by atoms with E-state index in [1.165, 1.54) is 6.20 Å². The number of halogens is 2. The molecule has 0 saturated heterocycles. The van der Waals surface area contributed by atoms with Gasteiger partial charge in [-0.25, -0.2) is 9.37 Å². The molecule has 0 spiro atoms. The van der Waals surface area contributed by atoms with Crippen LogP contribution in [-0.2, 0) is 0 Å². The Balaban J connectivity index is 2.94. The zero-order valence-corrected chi connectivity index (χ0v) is 8.75. The summed E-state index contributed by atoms with van der Waals surface area (Å²) in [6.07, 6.45) is 1.51. The van der Waals surface area contributed by atoms with Crippen LogP contribution in [0.4, 0.5) is 10.2 Å². The maximum absolute atomic E-state index is 13.5. The third kappa shape index (κ3) is 1.35. The minimum absolute atomic E-state index is 0.229. The molecule has 2 nitrogen and oxygen atoms in total. The van der Waals surface area contributed by atoms with E-state index in [0.29, 0.717) is 20.2 Å². The predicted molar refractivity (Wildman–Crippen MR) is 58.8 cm³/mol. The van der Waals surface area contributed by atoms with Crippen LogP contribution in [0.5, 0.6) is 0 Å². The molecule has 1 aromatic heterocycles. The number of nitrogens with two attached hydrogens (primary N) is 1. The van der Waals surface area contributed by atoms with Crippen molar-refractivity contribution < 1.29 is 4.39 Å². The van der Waals surface area contributed by atoms with Crippen LogP contribution in [-0.4, -0.2) is 4.98 Å². The van der Waals surface area contributed by atoms with Crippen LogP contribution < -0.4 is 5.73 Å². The lowest BCUT2D eigenvalue weighted by molar-refractivity contribution is 0.632. The summed E-state index contributed by atoms with van der Waals surface area (Å²) in [6.45, 7) is 0. The van der Waals surface area contributed by atoms with Crippen molar-refractivity contribution >= 4 is 39.2 Å². The molecule has 2 rings (SSSR count). The van der Waals surface area contributed by atoms with Gasteiger partial charge in [0, 0.05) is 20.5 Å². The Labute approximate surface area is 88.1 Å². The number of nitrogen functional groups attached to an aromatic ring is 1. The summed E-state index contributed by atoms with van der Waals surface area (Å²) in [5.41, 5.74) is 5.59. The molecule has 1 heterocycles. The summed E-state index contributed by atoms with van der Waals surface area (Å²) in [5, 5.41) is 1.19. The number of fused-ring (bicyclic) bond motifs is 1. The highest BCUT2D eigenvalue weighted by Gasteiger charge is 2.06. The lowest BCUT2D eigenvalue weighted by Gasteiger charge is -2.02. The normalized spacial score (nSPS) is 10.6. The van der Waals surface area contributed by atoms with E-state index in [-0.39, 0.29) is 5.82 Å². The van der Waals surface area contributed by atoms with E-state index in [2.05, 4.69) is 4.98 Å². The molecule has 0 radical (unpaired) electrons. The van der Waals surface area contributed by atoms with E-state index in [0.717, 1.165) is 0 Å². The molecule has 0 fully saturated rings. The Morgan fingerprint density at radius 2 is 2.00 bits per heavy atom. The Bertz CT molecular complexity index is 470. The number of nitrogens with zero attached hydrogens (tertiary/aromatic N) is 1. The maximum Gasteiger partial charge on any atom is 0.144 e. The summed E-state index contributed by atoms with van der Waals surface area (Å²) < 4.78 is 14.1. The predicted octanol–water partition coefficient (Wildman–Crippen LogP) is 2.56. The fraction of sp³-hybridized carbons (Fsp3) is 0. The van der Waals surface area contributed by atoms with Gasteiger partial charge >= 0.3 is 0 Å². The van der Waals surface area contributed by atoms with Gasteiger partial charge in [-0.15, -0.1) is 0 Å². The van der Waals surface area contributed by atoms with Gasteiger partial charge in [-0.2, -0.15) is 0 Å². The van der Waals surface area contributed by atoms with Crippen LogP contribution in [0.3, 0.4) is 0 Å². The van der Waals surface area contributed by atoms with Crippen molar-refractivity contribution in [3.8, 4) is 0 Å².